The van der Waals surface area contributed by atoms with Crippen LogP contribution in [0.5, 0.6) is 0 Å². The molecule has 0 aliphatic carbocycles. The summed E-state index contributed by atoms with van der Waals surface area (Å²) in [5.41, 5.74) is 2.89. The number of benzene rings is 3. The summed E-state index contributed by atoms with van der Waals surface area (Å²) in [5, 5.41) is 14.0. The first kappa shape index (κ1) is 20.4. The Labute approximate surface area is 185 Å². The average molecular weight is 447 g/mol. The molecule has 0 fully saturated rings. The Morgan fingerprint density at radius 3 is 2.72 bits per heavy atom. The van der Waals surface area contributed by atoms with Crippen LogP contribution in [0.2, 0.25) is 0 Å². The van der Waals surface area contributed by atoms with Gasteiger partial charge in [-0.15, -0.1) is 0 Å². The molecule has 0 spiro atoms. The fraction of sp³-hybridized carbons (Fsp3) is 0.167. The summed E-state index contributed by atoms with van der Waals surface area (Å²) in [7, 11) is -3.71. The lowest BCUT2D eigenvalue weighted by atomic mass is 10.0. The van der Waals surface area contributed by atoms with Gasteiger partial charge in [-0.05, 0) is 41.0 Å². The van der Waals surface area contributed by atoms with Crippen LogP contribution in [0.4, 0.5) is 5.82 Å². The minimum Gasteiger partial charge on any atom is -0.309 e. The SMILES string of the molecule is Cc1cccc(S(=O)(=O)C2NCc3[nH]nc(NC(=O)Cc4cccc5ccccc45)c32)c1. The van der Waals surface area contributed by atoms with Crippen LogP contribution in [0.3, 0.4) is 0 Å². The van der Waals surface area contributed by atoms with Crippen LogP contribution in [-0.4, -0.2) is 24.5 Å². The van der Waals surface area contributed by atoms with Gasteiger partial charge in [0.15, 0.2) is 15.7 Å². The first-order valence-corrected chi connectivity index (χ1v) is 11.9. The van der Waals surface area contributed by atoms with Crippen molar-refractivity contribution in [3.63, 3.8) is 0 Å². The molecule has 7 nitrogen and oxygen atoms in total. The van der Waals surface area contributed by atoms with Gasteiger partial charge in [0.1, 0.15) is 5.37 Å². The van der Waals surface area contributed by atoms with Crippen molar-refractivity contribution < 1.29 is 13.2 Å². The summed E-state index contributed by atoms with van der Waals surface area (Å²) < 4.78 is 26.6. The zero-order valence-corrected chi connectivity index (χ0v) is 18.2. The van der Waals surface area contributed by atoms with Crippen LogP contribution < -0.4 is 10.6 Å². The largest absolute Gasteiger partial charge is 0.309 e. The summed E-state index contributed by atoms with van der Waals surface area (Å²) in [4.78, 5) is 13.1. The van der Waals surface area contributed by atoms with Gasteiger partial charge >= 0.3 is 0 Å². The fourth-order valence-electron chi connectivity index (χ4n) is 4.19. The molecule has 3 aromatic carbocycles. The standard InChI is InChI=1S/C24H22N4O3S/c1-15-6-4-10-18(12-15)32(30,31)24-22-20(14-25-24)27-28-23(22)26-21(29)13-17-9-5-8-16-7-2-3-11-19(16)17/h2-12,24-25H,13-14H2,1H3,(H2,26,27,28,29). The first-order chi connectivity index (χ1) is 15.4. The lowest BCUT2D eigenvalue weighted by Gasteiger charge is -2.15. The van der Waals surface area contributed by atoms with E-state index in [4.69, 9.17) is 0 Å². The smallest absolute Gasteiger partial charge is 0.230 e. The maximum Gasteiger partial charge on any atom is 0.230 e. The Morgan fingerprint density at radius 2 is 1.88 bits per heavy atom. The van der Waals surface area contributed by atoms with Gasteiger partial charge in [0.25, 0.3) is 0 Å². The second-order valence-electron chi connectivity index (χ2n) is 7.95. The molecule has 0 saturated heterocycles. The number of fused-ring (bicyclic) bond motifs is 2. The van der Waals surface area contributed by atoms with E-state index >= 15 is 0 Å². The number of sulfone groups is 1. The number of carbonyl (C=O) groups excluding carboxylic acids is 1. The highest BCUT2D eigenvalue weighted by atomic mass is 32.2. The molecule has 1 aliphatic rings. The molecule has 4 aromatic rings. The number of aromatic nitrogens is 2. The molecule has 162 valence electrons. The second kappa shape index (κ2) is 7.89. The Kier molecular flexibility index (Phi) is 5.03. The number of hydrogen-bond acceptors (Lipinski definition) is 5. The number of carbonyl (C=O) groups is 1. The molecule has 3 N–H and O–H groups in total. The van der Waals surface area contributed by atoms with Crippen molar-refractivity contribution >= 4 is 32.3 Å². The molecule has 8 heteroatoms. The molecule has 1 atom stereocenters. The zero-order chi connectivity index (χ0) is 22.3. The molecule has 5 rings (SSSR count). The summed E-state index contributed by atoms with van der Waals surface area (Å²) in [6, 6.07) is 20.5. The first-order valence-electron chi connectivity index (χ1n) is 10.3. The summed E-state index contributed by atoms with van der Waals surface area (Å²) in [5.74, 6) is -0.00859. The van der Waals surface area contributed by atoms with E-state index in [9.17, 15) is 13.2 Å². The van der Waals surface area contributed by atoms with E-state index in [-0.39, 0.29) is 23.0 Å². The van der Waals surface area contributed by atoms with Gasteiger partial charge in [-0.25, -0.2) is 8.42 Å². The molecule has 0 bridgehead atoms. The lowest BCUT2D eigenvalue weighted by Crippen LogP contribution is -2.24. The van der Waals surface area contributed by atoms with E-state index < -0.39 is 15.2 Å². The number of amides is 1. The number of rotatable bonds is 5. The van der Waals surface area contributed by atoms with E-state index in [1.165, 1.54) is 0 Å². The quantitative estimate of drug-likeness (QED) is 0.434. The number of nitrogens with zero attached hydrogens (tertiary/aromatic N) is 1. The molecule has 2 heterocycles. The van der Waals surface area contributed by atoms with Gasteiger partial charge < -0.3 is 5.32 Å². The van der Waals surface area contributed by atoms with Crippen molar-refractivity contribution in [1.82, 2.24) is 15.5 Å². The zero-order valence-electron chi connectivity index (χ0n) is 17.4. The molecule has 0 radical (unpaired) electrons. The van der Waals surface area contributed by atoms with Crippen molar-refractivity contribution in [3.8, 4) is 0 Å². The van der Waals surface area contributed by atoms with Crippen molar-refractivity contribution in [2.24, 2.45) is 0 Å². The highest BCUT2D eigenvalue weighted by Gasteiger charge is 2.39. The Bertz CT molecular complexity index is 1440. The van der Waals surface area contributed by atoms with E-state index in [1.54, 1.807) is 18.2 Å². The highest BCUT2D eigenvalue weighted by Crippen LogP contribution is 2.37. The third-order valence-corrected chi connectivity index (χ3v) is 7.66. The van der Waals surface area contributed by atoms with Gasteiger partial charge in [0, 0.05) is 6.54 Å². The Hall–Kier alpha value is -3.49. The molecule has 32 heavy (non-hydrogen) atoms. The predicted octanol–water partition coefficient (Wildman–Crippen LogP) is 3.63. The molecule has 1 aliphatic heterocycles. The minimum absolute atomic E-state index is 0.158. The summed E-state index contributed by atoms with van der Waals surface area (Å²) in [6.07, 6.45) is 0.158. The molecule has 1 unspecified atom stereocenters. The molecule has 1 aromatic heterocycles. The van der Waals surface area contributed by atoms with Crippen LogP contribution in [0.15, 0.2) is 71.6 Å². The molecular weight excluding hydrogens is 424 g/mol. The van der Waals surface area contributed by atoms with Crippen molar-refractivity contribution in [2.45, 2.75) is 30.2 Å². The van der Waals surface area contributed by atoms with Gasteiger partial charge in [-0.2, -0.15) is 5.10 Å². The molecule has 0 saturated carbocycles. The van der Waals surface area contributed by atoms with Gasteiger partial charge in [-0.1, -0.05) is 54.6 Å². The lowest BCUT2D eigenvalue weighted by molar-refractivity contribution is -0.115. The average Bonchev–Trinajstić information content (AvgIpc) is 3.37. The number of aromatic amines is 1. The van der Waals surface area contributed by atoms with Crippen LogP contribution in [0.25, 0.3) is 10.8 Å². The van der Waals surface area contributed by atoms with E-state index in [1.807, 2.05) is 55.5 Å². The maximum atomic E-state index is 13.3. The number of aryl methyl sites for hydroxylation is 1. The highest BCUT2D eigenvalue weighted by molar-refractivity contribution is 7.91. The third kappa shape index (κ3) is 3.57. The minimum atomic E-state index is -3.71. The summed E-state index contributed by atoms with van der Waals surface area (Å²) >= 11 is 0. The second-order valence-corrected chi connectivity index (χ2v) is 9.98. The van der Waals surface area contributed by atoms with Crippen LogP contribution in [0, 0.1) is 6.92 Å². The van der Waals surface area contributed by atoms with Gasteiger partial charge in [-0.3, -0.25) is 15.2 Å². The van der Waals surface area contributed by atoms with E-state index in [0.29, 0.717) is 17.8 Å². The normalized spacial score (nSPS) is 15.6. The number of anilines is 1. The Balaban J connectivity index is 1.42. The Morgan fingerprint density at radius 1 is 1.09 bits per heavy atom. The monoisotopic (exact) mass is 446 g/mol. The maximum absolute atomic E-state index is 13.3. The topological polar surface area (TPSA) is 104 Å². The molecular formula is C24H22N4O3S. The van der Waals surface area contributed by atoms with Crippen molar-refractivity contribution in [3.05, 3.63) is 89.1 Å². The predicted molar refractivity (Wildman–Crippen MR) is 123 cm³/mol. The van der Waals surface area contributed by atoms with Crippen LogP contribution >= 0.6 is 0 Å². The van der Waals surface area contributed by atoms with Gasteiger partial charge in [0.05, 0.1) is 22.6 Å². The number of nitrogens with one attached hydrogen (secondary N) is 3. The van der Waals surface area contributed by atoms with E-state index in [2.05, 4.69) is 20.8 Å². The number of hydrogen-bond donors (Lipinski definition) is 3. The van der Waals surface area contributed by atoms with Gasteiger partial charge in [0.2, 0.25) is 5.91 Å². The summed E-state index contributed by atoms with van der Waals surface area (Å²) in [6.45, 7) is 2.18. The van der Waals surface area contributed by atoms with Crippen LogP contribution in [-0.2, 0) is 27.6 Å². The number of H-pyrrole nitrogens is 1. The third-order valence-electron chi connectivity index (χ3n) is 5.73. The fourth-order valence-corrected chi connectivity index (χ4v) is 5.94. The molecule has 1 amide bonds. The van der Waals surface area contributed by atoms with E-state index in [0.717, 1.165) is 21.9 Å². The van der Waals surface area contributed by atoms with Crippen molar-refractivity contribution in [1.29, 1.82) is 0 Å². The van der Waals surface area contributed by atoms with Crippen molar-refractivity contribution in [2.75, 3.05) is 5.32 Å². The van der Waals surface area contributed by atoms with Crippen LogP contribution in [0.1, 0.15) is 27.8 Å².